The minimum atomic E-state index is 0.177. The molecule has 2 aromatic carbocycles. The van der Waals surface area contributed by atoms with Gasteiger partial charge in [-0.05, 0) is 54.2 Å². The Hall–Kier alpha value is -1.17. The van der Waals surface area contributed by atoms with Gasteiger partial charge < -0.3 is 15.4 Å². The summed E-state index contributed by atoms with van der Waals surface area (Å²) in [4.78, 5) is 0. The fourth-order valence-electron chi connectivity index (χ4n) is 1.98. The molecule has 0 spiro atoms. The molecule has 5 heteroatoms. The second-order valence-electron chi connectivity index (χ2n) is 4.66. The van der Waals surface area contributed by atoms with Crippen LogP contribution in [0.25, 0.3) is 10.8 Å². The molecule has 0 saturated heterocycles. The van der Waals surface area contributed by atoms with E-state index < -0.39 is 0 Å². The third kappa shape index (κ3) is 4.16. The zero-order valence-corrected chi connectivity index (χ0v) is 13.8. The van der Waals surface area contributed by atoms with E-state index in [-0.39, 0.29) is 6.04 Å². The number of ether oxygens (including phenoxy) is 1. The van der Waals surface area contributed by atoms with Gasteiger partial charge in [0, 0.05) is 23.3 Å². The van der Waals surface area contributed by atoms with E-state index in [4.69, 9.17) is 17.0 Å². The standard InChI is InChI=1S/C15H17BrN2OS/c1-10(9-19-2)17-15(20)18-14-6-4-11-7-13(16)5-3-12(11)8-14/h3-8,10H,9H2,1-2H3,(H2,17,18,20). The van der Waals surface area contributed by atoms with E-state index in [1.54, 1.807) is 7.11 Å². The fraction of sp³-hybridized carbons (Fsp3) is 0.267. The predicted octanol–water partition coefficient (Wildman–Crippen LogP) is 3.92. The van der Waals surface area contributed by atoms with Gasteiger partial charge in [-0.25, -0.2) is 0 Å². The molecule has 0 fully saturated rings. The maximum Gasteiger partial charge on any atom is 0.171 e. The van der Waals surface area contributed by atoms with Crippen molar-refractivity contribution >= 4 is 49.7 Å². The molecule has 1 unspecified atom stereocenters. The van der Waals surface area contributed by atoms with Gasteiger partial charge in [-0.1, -0.05) is 28.1 Å². The highest BCUT2D eigenvalue weighted by Crippen LogP contribution is 2.22. The molecule has 0 heterocycles. The first-order valence-corrected chi connectivity index (χ1v) is 7.54. The molecule has 0 bridgehead atoms. The molecule has 2 aromatic rings. The van der Waals surface area contributed by atoms with Crippen molar-refractivity contribution in [1.29, 1.82) is 0 Å². The van der Waals surface area contributed by atoms with Crippen molar-refractivity contribution in [3.8, 4) is 0 Å². The Kier molecular flexibility index (Phi) is 5.34. The maximum absolute atomic E-state index is 5.28. The van der Waals surface area contributed by atoms with E-state index in [1.165, 1.54) is 10.8 Å². The van der Waals surface area contributed by atoms with Crippen LogP contribution in [0.3, 0.4) is 0 Å². The highest BCUT2D eigenvalue weighted by molar-refractivity contribution is 9.10. The Morgan fingerprint density at radius 1 is 1.25 bits per heavy atom. The van der Waals surface area contributed by atoms with E-state index in [2.05, 4.69) is 50.8 Å². The Morgan fingerprint density at radius 3 is 2.70 bits per heavy atom. The van der Waals surface area contributed by atoms with Crippen molar-refractivity contribution in [2.75, 3.05) is 19.0 Å². The smallest absolute Gasteiger partial charge is 0.171 e. The van der Waals surface area contributed by atoms with Crippen molar-refractivity contribution in [1.82, 2.24) is 5.32 Å². The number of nitrogens with one attached hydrogen (secondary N) is 2. The van der Waals surface area contributed by atoms with Crippen LogP contribution in [-0.4, -0.2) is 24.9 Å². The van der Waals surface area contributed by atoms with E-state index in [0.717, 1.165) is 10.2 Å². The molecule has 106 valence electrons. The average Bonchev–Trinajstić information content (AvgIpc) is 2.39. The van der Waals surface area contributed by atoms with Crippen molar-refractivity contribution in [3.63, 3.8) is 0 Å². The molecule has 20 heavy (non-hydrogen) atoms. The van der Waals surface area contributed by atoms with E-state index >= 15 is 0 Å². The second kappa shape index (κ2) is 7.02. The van der Waals surface area contributed by atoms with Crippen LogP contribution in [-0.2, 0) is 4.74 Å². The molecule has 1 atom stereocenters. The molecule has 2 N–H and O–H groups in total. The summed E-state index contributed by atoms with van der Waals surface area (Å²) >= 11 is 8.76. The van der Waals surface area contributed by atoms with Crippen molar-refractivity contribution in [3.05, 3.63) is 40.9 Å². The van der Waals surface area contributed by atoms with Crippen LogP contribution in [0.5, 0.6) is 0 Å². The normalized spacial score (nSPS) is 12.2. The molecule has 3 nitrogen and oxygen atoms in total. The van der Waals surface area contributed by atoms with Crippen LogP contribution in [0.2, 0.25) is 0 Å². The van der Waals surface area contributed by atoms with Crippen LogP contribution in [0, 0.1) is 0 Å². The van der Waals surface area contributed by atoms with Crippen molar-refractivity contribution < 1.29 is 4.74 Å². The summed E-state index contributed by atoms with van der Waals surface area (Å²) in [5, 5.41) is 9.33. The largest absolute Gasteiger partial charge is 0.383 e. The molecule has 0 aliphatic heterocycles. The van der Waals surface area contributed by atoms with E-state index in [0.29, 0.717) is 11.7 Å². The zero-order valence-electron chi connectivity index (χ0n) is 11.4. The first kappa shape index (κ1) is 15.2. The summed E-state index contributed by atoms with van der Waals surface area (Å²) < 4.78 is 6.15. The second-order valence-corrected chi connectivity index (χ2v) is 5.99. The van der Waals surface area contributed by atoms with Gasteiger partial charge in [0.05, 0.1) is 6.61 Å². The summed E-state index contributed by atoms with van der Waals surface area (Å²) in [6.45, 7) is 2.64. The predicted molar refractivity (Wildman–Crippen MR) is 92.3 cm³/mol. The van der Waals surface area contributed by atoms with Gasteiger partial charge in [0.25, 0.3) is 0 Å². The Morgan fingerprint density at radius 2 is 1.95 bits per heavy atom. The number of halogens is 1. The van der Waals surface area contributed by atoms with Crippen molar-refractivity contribution in [2.45, 2.75) is 13.0 Å². The zero-order chi connectivity index (χ0) is 14.5. The van der Waals surface area contributed by atoms with Crippen molar-refractivity contribution in [2.24, 2.45) is 0 Å². The first-order valence-electron chi connectivity index (χ1n) is 6.34. The molecular weight excluding hydrogens is 336 g/mol. The van der Waals surface area contributed by atoms with Gasteiger partial charge in [0.2, 0.25) is 0 Å². The fourth-order valence-corrected chi connectivity index (χ4v) is 2.67. The molecule has 0 amide bonds. The lowest BCUT2D eigenvalue weighted by Crippen LogP contribution is -2.38. The third-order valence-corrected chi connectivity index (χ3v) is 3.57. The molecular formula is C15H17BrN2OS. The number of thiocarbonyl (C=S) groups is 1. The highest BCUT2D eigenvalue weighted by atomic mass is 79.9. The number of rotatable bonds is 4. The quantitative estimate of drug-likeness (QED) is 0.817. The summed E-state index contributed by atoms with van der Waals surface area (Å²) in [5.74, 6) is 0. The SMILES string of the molecule is COCC(C)NC(=S)Nc1ccc2cc(Br)ccc2c1. The minimum Gasteiger partial charge on any atom is -0.383 e. The molecule has 0 aliphatic carbocycles. The van der Waals surface area contributed by atoms with Gasteiger partial charge in [-0.2, -0.15) is 0 Å². The van der Waals surface area contributed by atoms with Gasteiger partial charge in [0.1, 0.15) is 0 Å². The molecule has 0 aliphatic rings. The van der Waals surface area contributed by atoms with Crippen LogP contribution in [0.4, 0.5) is 5.69 Å². The maximum atomic E-state index is 5.28. The monoisotopic (exact) mass is 352 g/mol. The summed E-state index contributed by atoms with van der Waals surface area (Å²) in [7, 11) is 1.68. The average molecular weight is 353 g/mol. The molecule has 0 saturated carbocycles. The highest BCUT2D eigenvalue weighted by Gasteiger charge is 2.04. The van der Waals surface area contributed by atoms with Crippen LogP contribution in [0.15, 0.2) is 40.9 Å². The lowest BCUT2D eigenvalue weighted by atomic mass is 10.1. The lowest BCUT2D eigenvalue weighted by Gasteiger charge is -2.16. The van der Waals surface area contributed by atoms with Gasteiger partial charge in [-0.15, -0.1) is 0 Å². The number of fused-ring (bicyclic) bond motifs is 1. The van der Waals surface area contributed by atoms with Crippen LogP contribution >= 0.6 is 28.1 Å². The molecule has 2 rings (SSSR count). The van der Waals surface area contributed by atoms with E-state index in [1.807, 2.05) is 19.1 Å². The summed E-state index contributed by atoms with van der Waals surface area (Å²) in [5.41, 5.74) is 0.974. The number of hydrogen-bond acceptors (Lipinski definition) is 2. The third-order valence-electron chi connectivity index (χ3n) is 2.85. The number of benzene rings is 2. The Bertz CT molecular complexity index is 618. The van der Waals surface area contributed by atoms with Gasteiger partial charge in [0.15, 0.2) is 5.11 Å². The van der Waals surface area contributed by atoms with Crippen LogP contribution in [0.1, 0.15) is 6.92 Å². The topological polar surface area (TPSA) is 33.3 Å². The van der Waals surface area contributed by atoms with Gasteiger partial charge in [-0.3, -0.25) is 0 Å². The Balaban J connectivity index is 2.06. The minimum absolute atomic E-state index is 0.177. The lowest BCUT2D eigenvalue weighted by molar-refractivity contribution is 0.179. The summed E-state index contributed by atoms with van der Waals surface area (Å²) in [6, 6.07) is 12.6. The first-order chi connectivity index (χ1) is 9.58. The molecule has 0 radical (unpaired) electrons. The number of anilines is 1. The number of methoxy groups -OCH3 is 1. The van der Waals surface area contributed by atoms with Gasteiger partial charge >= 0.3 is 0 Å². The van der Waals surface area contributed by atoms with E-state index in [9.17, 15) is 0 Å². The molecule has 0 aromatic heterocycles. The Labute approximate surface area is 132 Å². The van der Waals surface area contributed by atoms with Crippen LogP contribution < -0.4 is 10.6 Å². The summed E-state index contributed by atoms with van der Waals surface area (Å²) in [6.07, 6.45) is 0. The number of hydrogen-bond donors (Lipinski definition) is 2.